The summed E-state index contributed by atoms with van der Waals surface area (Å²) in [5.74, 6) is -0.734. The van der Waals surface area contributed by atoms with E-state index in [0.29, 0.717) is 5.75 Å². The summed E-state index contributed by atoms with van der Waals surface area (Å²) in [6, 6.07) is 6.76. The van der Waals surface area contributed by atoms with E-state index >= 15 is 0 Å². The number of aryl methyl sites for hydroxylation is 1. The van der Waals surface area contributed by atoms with Crippen molar-refractivity contribution in [3.63, 3.8) is 0 Å². The highest BCUT2D eigenvalue weighted by Gasteiger charge is 2.16. The van der Waals surface area contributed by atoms with Crippen LogP contribution in [0.25, 0.3) is 5.69 Å². The third-order valence-electron chi connectivity index (χ3n) is 3.26. The summed E-state index contributed by atoms with van der Waals surface area (Å²) < 4.78 is 6.86. The smallest absolute Gasteiger partial charge is 0.305 e. The number of ether oxygens (including phenoxy) is 1. The molecular formula is C16H19N3O4. The van der Waals surface area contributed by atoms with E-state index in [1.54, 1.807) is 31.0 Å². The van der Waals surface area contributed by atoms with Crippen LogP contribution in [0.5, 0.6) is 5.75 Å². The number of nitrogens with zero attached hydrogens (tertiary/aromatic N) is 2. The quantitative estimate of drug-likeness (QED) is 0.847. The molecule has 0 saturated heterocycles. The van der Waals surface area contributed by atoms with E-state index in [1.807, 2.05) is 25.1 Å². The summed E-state index contributed by atoms with van der Waals surface area (Å²) >= 11 is 0. The number of nitrogens with one attached hydrogen (secondary N) is 1. The zero-order valence-corrected chi connectivity index (χ0v) is 13.2. The second-order valence-electron chi connectivity index (χ2n) is 5.29. The van der Waals surface area contributed by atoms with E-state index in [2.05, 4.69) is 10.4 Å². The van der Waals surface area contributed by atoms with E-state index in [0.717, 1.165) is 11.3 Å². The molecule has 1 aromatic carbocycles. The summed E-state index contributed by atoms with van der Waals surface area (Å²) in [5.41, 5.74) is 1.98. The first-order valence-corrected chi connectivity index (χ1v) is 7.14. The number of aliphatic carboxylic acids is 1. The number of benzene rings is 1. The standard InChI is InChI=1S/C16H19N3O4/c1-10-4-5-14(23-3)13(8-10)19-7-6-12(18-19)16(22)17-11(2)9-15(20)21/h4-8,11H,9H2,1-3H3,(H,17,22)(H,20,21). The van der Waals surface area contributed by atoms with Crippen molar-refractivity contribution in [2.75, 3.05) is 7.11 Å². The summed E-state index contributed by atoms with van der Waals surface area (Å²) in [6.45, 7) is 3.58. The molecule has 122 valence electrons. The molecule has 0 aliphatic carbocycles. The van der Waals surface area contributed by atoms with E-state index in [-0.39, 0.29) is 12.1 Å². The van der Waals surface area contributed by atoms with Crippen LogP contribution in [-0.2, 0) is 4.79 Å². The molecule has 0 saturated carbocycles. The Morgan fingerprint density at radius 2 is 2.13 bits per heavy atom. The lowest BCUT2D eigenvalue weighted by atomic mass is 10.2. The maximum Gasteiger partial charge on any atom is 0.305 e. The molecule has 0 aliphatic rings. The number of carboxylic acid groups (broad SMARTS) is 1. The Morgan fingerprint density at radius 3 is 2.78 bits per heavy atom. The highest BCUT2D eigenvalue weighted by Crippen LogP contribution is 2.23. The van der Waals surface area contributed by atoms with Gasteiger partial charge >= 0.3 is 5.97 Å². The number of carbonyl (C=O) groups is 2. The number of rotatable bonds is 6. The molecule has 7 nitrogen and oxygen atoms in total. The molecule has 1 amide bonds. The van der Waals surface area contributed by atoms with Gasteiger partial charge in [0.15, 0.2) is 5.69 Å². The molecule has 1 heterocycles. The van der Waals surface area contributed by atoms with E-state index < -0.39 is 17.9 Å². The Bertz CT molecular complexity index is 724. The van der Waals surface area contributed by atoms with Gasteiger partial charge in [-0.25, -0.2) is 4.68 Å². The molecule has 2 N–H and O–H groups in total. The predicted molar refractivity (Wildman–Crippen MR) is 84.0 cm³/mol. The van der Waals surface area contributed by atoms with Crippen LogP contribution >= 0.6 is 0 Å². The van der Waals surface area contributed by atoms with Crippen molar-refractivity contribution >= 4 is 11.9 Å². The van der Waals surface area contributed by atoms with Gasteiger partial charge in [0.2, 0.25) is 0 Å². The largest absolute Gasteiger partial charge is 0.494 e. The van der Waals surface area contributed by atoms with E-state index in [9.17, 15) is 9.59 Å². The average Bonchev–Trinajstić information content (AvgIpc) is 2.96. The molecule has 0 bridgehead atoms. The van der Waals surface area contributed by atoms with Gasteiger partial charge in [0.1, 0.15) is 11.4 Å². The van der Waals surface area contributed by atoms with Crippen molar-refractivity contribution in [1.29, 1.82) is 0 Å². The highest BCUT2D eigenvalue weighted by molar-refractivity contribution is 5.92. The third kappa shape index (κ3) is 4.09. The van der Waals surface area contributed by atoms with Crippen molar-refractivity contribution in [2.45, 2.75) is 26.3 Å². The summed E-state index contributed by atoms with van der Waals surface area (Å²) in [4.78, 5) is 22.7. The number of hydrogen-bond acceptors (Lipinski definition) is 4. The normalized spacial score (nSPS) is 11.8. The van der Waals surface area contributed by atoms with Crippen LogP contribution in [0, 0.1) is 6.92 Å². The Balaban J connectivity index is 2.19. The van der Waals surface area contributed by atoms with Gasteiger partial charge in [0.05, 0.1) is 13.5 Å². The Hall–Kier alpha value is -2.83. The Labute approximate surface area is 133 Å². The zero-order chi connectivity index (χ0) is 17.0. The molecule has 1 aromatic heterocycles. The number of aromatic nitrogens is 2. The number of carbonyl (C=O) groups excluding carboxylic acids is 1. The van der Waals surface area contributed by atoms with Gasteiger partial charge < -0.3 is 15.2 Å². The molecule has 0 radical (unpaired) electrons. The van der Waals surface area contributed by atoms with Crippen LogP contribution in [0.1, 0.15) is 29.4 Å². The highest BCUT2D eigenvalue weighted by atomic mass is 16.5. The van der Waals surface area contributed by atoms with Gasteiger partial charge in [-0.3, -0.25) is 9.59 Å². The minimum atomic E-state index is -0.965. The van der Waals surface area contributed by atoms with Crippen LogP contribution in [0.4, 0.5) is 0 Å². The molecule has 2 rings (SSSR count). The molecule has 1 atom stereocenters. The maximum absolute atomic E-state index is 12.1. The van der Waals surface area contributed by atoms with Crippen LogP contribution in [0.2, 0.25) is 0 Å². The lowest BCUT2D eigenvalue weighted by molar-refractivity contribution is -0.137. The Kier molecular flexibility index (Phi) is 5.00. The van der Waals surface area contributed by atoms with Gasteiger partial charge in [-0.15, -0.1) is 0 Å². The maximum atomic E-state index is 12.1. The molecule has 2 aromatic rings. The second-order valence-corrected chi connectivity index (χ2v) is 5.29. The minimum absolute atomic E-state index is 0.141. The first-order valence-electron chi connectivity index (χ1n) is 7.14. The molecule has 0 spiro atoms. The topological polar surface area (TPSA) is 93.5 Å². The summed E-state index contributed by atoms with van der Waals surface area (Å²) in [6.07, 6.45) is 1.52. The fraction of sp³-hybridized carbons (Fsp3) is 0.312. The minimum Gasteiger partial charge on any atom is -0.494 e. The van der Waals surface area contributed by atoms with Crippen molar-refractivity contribution in [1.82, 2.24) is 15.1 Å². The van der Waals surface area contributed by atoms with Gasteiger partial charge in [-0.1, -0.05) is 6.07 Å². The van der Waals surface area contributed by atoms with Crippen molar-refractivity contribution < 1.29 is 19.4 Å². The van der Waals surface area contributed by atoms with Gasteiger partial charge in [-0.05, 0) is 37.6 Å². The van der Waals surface area contributed by atoms with E-state index in [1.165, 1.54) is 0 Å². The average molecular weight is 317 g/mol. The van der Waals surface area contributed by atoms with Crippen molar-refractivity contribution in [3.8, 4) is 11.4 Å². The van der Waals surface area contributed by atoms with Crippen LogP contribution in [-0.4, -0.2) is 39.9 Å². The van der Waals surface area contributed by atoms with Crippen molar-refractivity contribution in [3.05, 3.63) is 41.7 Å². The SMILES string of the molecule is COc1ccc(C)cc1-n1ccc(C(=O)NC(C)CC(=O)O)n1. The number of methoxy groups -OCH3 is 1. The van der Waals surface area contributed by atoms with Crippen LogP contribution in [0.15, 0.2) is 30.5 Å². The van der Waals surface area contributed by atoms with Gasteiger partial charge in [0.25, 0.3) is 5.91 Å². The monoisotopic (exact) mass is 317 g/mol. The first-order chi connectivity index (χ1) is 10.9. The molecule has 0 aliphatic heterocycles. The molecular weight excluding hydrogens is 298 g/mol. The molecule has 0 fully saturated rings. The summed E-state index contributed by atoms with van der Waals surface area (Å²) in [7, 11) is 1.57. The fourth-order valence-electron chi connectivity index (χ4n) is 2.17. The molecule has 7 heteroatoms. The fourth-order valence-corrected chi connectivity index (χ4v) is 2.17. The lowest BCUT2D eigenvalue weighted by Crippen LogP contribution is -2.34. The van der Waals surface area contributed by atoms with Gasteiger partial charge in [-0.2, -0.15) is 5.10 Å². The lowest BCUT2D eigenvalue weighted by Gasteiger charge is -2.10. The van der Waals surface area contributed by atoms with E-state index in [4.69, 9.17) is 9.84 Å². The van der Waals surface area contributed by atoms with Crippen LogP contribution < -0.4 is 10.1 Å². The number of amides is 1. The van der Waals surface area contributed by atoms with Gasteiger partial charge in [0, 0.05) is 12.2 Å². The zero-order valence-electron chi connectivity index (χ0n) is 13.2. The van der Waals surface area contributed by atoms with Crippen LogP contribution in [0.3, 0.4) is 0 Å². The summed E-state index contributed by atoms with van der Waals surface area (Å²) in [5, 5.41) is 15.6. The molecule has 1 unspecified atom stereocenters. The third-order valence-corrected chi connectivity index (χ3v) is 3.26. The first kappa shape index (κ1) is 16.5. The number of hydrogen-bond donors (Lipinski definition) is 2. The second kappa shape index (κ2) is 6.95. The predicted octanol–water partition coefficient (Wildman–Crippen LogP) is 1.78. The van der Waals surface area contributed by atoms with Crippen molar-refractivity contribution in [2.24, 2.45) is 0 Å². The number of carboxylic acids is 1. The Morgan fingerprint density at radius 1 is 1.39 bits per heavy atom. The molecule has 23 heavy (non-hydrogen) atoms.